The summed E-state index contributed by atoms with van der Waals surface area (Å²) in [4.78, 5) is 44.3. The topological polar surface area (TPSA) is 86.7 Å². The standard InChI is InChI=1S/C14H22O6/c1-3-11(15)9-19-13(17)7-5-6-8-14(18)20-10-12(16)4-2/h3-10H2,1-2H3. The minimum Gasteiger partial charge on any atom is -0.458 e. The first-order valence-electron chi connectivity index (χ1n) is 6.84. The third-order valence-corrected chi connectivity index (χ3v) is 2.59. The molecule has 6 heteroatoms. The lowest BCUT2D eigenvalue weighted by Crippen LogP contribution is -2.14. The lowest BCUT2D eigenvalue weighted by atomic mass is 10.2. The van der Waals surface area contributed by atoms with E-state index in [-0.39, 0.29) is 37.6 Å². The monoisotopic (exact) mass is 286 g/mol. The Kier molecular flexibility index (Phi) is 10.2. The molecule has 6 nitrogen and oxygen atoms in total. The van der Waals surface area contributed by atoms with E-state index in [4.69, 9.17) is 9.47 Å². The first-order valence-corrected chi connectivity index (χ1v) is 6.84. The van der Waals surface area contributed by atoms with E-state index < -0.39 is 11.9 Å². The van der Waals surface area contributed by atoms with Gasteiger partial charge >= 0.3 is 11.9 Å². The molecule has 0 aromatic carbocycles. The number of esters is 2. The number of ketones is 2. The van der Waals surface area contributed by atoms with Gasteiger partial charge in [-0.1, -0.05) is 13.8 Å². The fourth-order valence-corrected chi connectivity index (χ4v) is 1.21. The van der Waals surface area contributed by atoms with Crippen LogP contribution >= 0.6 is 0 Å². The van der Waals surface area contributed by atoms with Gasteiger partial charge in [0.2, 0.25) is 0 Å². The van der Waals surface area contributed by atoms with Gasteiger partial charge < -0.3 is 9.47 Å². The van der Waals surface area contributed by atoms with E-state index in [2.05, 4.69) is 0 Å². The molecule has 0 N–H and O–H groups in total. The SMILES string of the molecule is CCC(=O)COC(=O)CCCCC(=O)OCC(=O)CC. The number of ether oxygens (including phenoxy) is 2. The van der Waals surface area contributed by atoms with Gasteiger partial charge in [-0.05, 0) is 12.8 Å². The molecule has 20 heavy (non-hydrogen) atoms. The molecule has 114 valence electrons. The van der Waals surface area contributed by atoms with Crippen LogP contribution in [0.3, 0.4) is 0 Å². The molecule has 0 unspecified atom stereocenters. The van der Waals surface area contributed by atoms with Crippen LogP contribution in [-0.2, 0) is 28.7 Å². The molecule has 0 heterocycles. The normalized spacial score (nSPS) is 9.90. The van der Waals surface area contributed by atoms with E-state index in [9.17, 15) is 19.2 Å². The highest BCUT2D eigenvalue weighted by Crippen LogP contribution is 2.03. The lowest BCUT2D eigenvalue weighted by Gasteiger charge is -2.04. The van der Waals surface area contributed by atoms with Crippen LogP contribution in [-0.4, -0.2) is 36.7 Å². The molecule has 0 radical (unpaired) electrons. The second kappa shape index (κ2) is 11.1. The molecular weight excluding hydrogens is 264 g/mol. The van der Waals surface area contributed by atoms with Crippen LogP contribution in [0, 0.1) is 0 Å². The van der Waals surface area contributed by atoms with Crippen LogP contribution in [0.4, 0.5) is 0 Å². The van der Waals surface area contributed by atoms with E-state index in [1.807, 2.05) is 0 Å². The van der Waals surface area contributed by atoms with Crippen molar-refractivity contribution in [3.63, 3.8) is 0 Å². The Morgan fingerprint density at radius 3 is 1.35 bits per heavy atom. The molecule has 0 aliphatic heterocycles. The Labute approximate surface area is 118 Å². The van der Waals surface area contributed by atoms with Gasteiger partial charge in [0.25, 0.3) is 0 Å². The van der Waals surface area contributed by atoms with Crippen LogP contribution in [0.2, 0.25) is 0 Å². The van der Waals surface area contributed by atoms with E-state index in [0.717, 1.165) is 0 Å². The quantitative estimate of drug-likeness (QED) is 0.423. The second-order valence-electron chi connectivity index (χ2n) is 4.31. The number of carbonyl (C=O) groups is 4. The van der Waals surface area contributed by atoms with Crippen molar-refractivity contribution in [2.75, 3.05) is 13.2 Å². The Balaban J connectivity index is 3.55. The zero-order chi connectivity index (χ0) is 15.4. The molecule has 0 amide bonds. The van der Waals surface area contributed by atoms with Crippen molar-refractivity contribution in [2.24, 2.45) is 0 Å². The molecule has 0 spiro atoms. The molecule has 0 atom stereocenters. The average molecular weight is 286 g/mol. The van der Waals surface area contributed by atoms with E-state index in [1.54, 1.807) is 13.8 Å². The van der Waals surface area contributed by atoms with Crippen LogP contribution in [0.5, 0.6) is 0 Å². The van der Waals surface area contributed by atoms with Gasteiger partial charge in [-0.25, -0.2) is 0 Å². The molecule has 0 aliphatic carbocycles. The van der Waals surface area contributed by atoms with Crippen molar-refractivity contribution in [3.05, 3.63) is 0 Å². The maximum absolute atomic E-state index is 11.2. The number of carbonyl (C=O) groups excluding carboxylic acids is 4. The van der Waals surface area contributed by atoms with Crippen LogP contribution in [0.25, 0.3) is 0 Å². The number of hydrogen-bond acceptors (Lipinski definition) is 6. The highest BCUT2D eigenvalue weighted by Gasteiger charge is 2.08. The maximum atomic E-state index is 11.2. The molecule has 0 aromatic heterocycles. The van der Waals surface area contributed by atoms with Crippen molar-refractivity contribution in [3.8, 4) is 0 Å². The summed E-state index contributed by atoms with van der Waals surface area (Å²) in [5.41, 5.74) is 0. The highest BCUT2D eigenvalue weighted by atomic mass is 16.5. The predicted octanol–water partition coefficient (Wildman–Crippen LogP) is 1.59. The zero-order valence-corrected chi connectivity index (χ0v) is 12.1. The van der Waals surface area contributed by atoms with Gasteiger partial charge in [0, 0.05) is 25.7 Å². The molecule has 0 bridgehead atoms. The molecule has 0 saturated heterocycles. The number of hydrogen-bond donors (Lipinski definition) is 0. The van der Waals surface area contributed by atoms with Crippen molar-refractivity contribution >= 4 is 23.5 Å². The summed E-state index contributed by atoms with van der Waals surface area (Å²) < 4.78 is 9.49. The number of rotatable bonds is 11. The second-order valence-corrected chi connectivity index (χ2v) is 4.31. The predicted molar refractivity (Wildman–Crippen MR) is 71.0 cm³/mol. The Morgan fingerprint density at radius 1 is 0.700 bits per heavy atom. The first kappa shape index (κ1) is 18.3. The summed E-state index contributed by atoms with van der Waals surface area (Å²) in [6, 6.07) is 0. The maximum Gasteiger partial charge on any atom is 0.306 e. The molecule has 0 rings (SSSR count). The Morgan fingerprint density at radius 2 is 1.05 bits per heavy atom. The smallest absolute Gasteiger partial charge is 0.306 e. The van der Waals surface area contributed by atoms with Gasteiger partial charge in [0.1, 0.15) is 13.2 Å². The summed E-state index contributed by atoms with van der Waals surface area (Å²) in [6.45, 7) is 3.03. The minimum atomic E-state index is -0.443. The average Bonchev–Trinajstić information content (AvgIpc) is 2.46. The number of unbranched alkanes of at least 4 members (excludes halogenated alkanes) is 1. The molecule has 0 fully saturated rings. The van der Waals surface area contributed by atoms with Crippen molar-refractivity contribution in [1.29, 1.82) is 0 Å². The van der Waals surface area contributed by atoms with Gasteiger partial charge in [-0.2, -0.15) is 0 Å². The summed E-state index contributed by atoms with van der Waals surface area (Å²) in [6.07, 6.45) is 1.98. The lowest BCUT2D eigenvalue weighted by molar-refractivity contribution is -0.149. The highest BCUT2D eigenvalue weighted by molar-refractivity contribution is 5.82. The number of Topliss-reactive ketones (excluding diaryl/α,β-unsaturated/α-hetero) is 2. The van der Waals surface area contributed by atoms with Gasteiger partial charge in [-0.15, -0.1) is 0 Å². The van der Waals surface area contributed by atoms with E-state index in [1.165, 1.54) is 0 Å². The van der Waals surface area contributed by atoms with Gasteiger partial charge in [0.05, 0.1) is 0 Å². The van der Waals surface area contributed by atoms with Crippen molar-refractivity contribution < 1.29 is 28.7 Å². The molecule has 0 saturated carbocycles. The molecular formula is C14H22O6. The first-order chi connectivity index (χ1) is 9.49. The van der Waals surface area contributed by atoms with E-state index >= 15 is 0 Å². The zero-order valence-electron chi connectivity index (χ0n) is 12.1. The third-order valence-electron chi connectivity index (χ3n) is 2.59. The van der Waals surface area contributed by atoms with Crippen molar-refractivity contribution in [2.45, 2.75) is 52.4 Å². The summed E-state index contributed by atoms with van der Waals surface area (Å²) >= 11 is 0. The third kappa shape index (κ3) is 10.2. The van der Waals surface area contributed by atoms with Crippen LogP contribution in [0.15, 0.2) is 0 Å². The summed E-state index contributed by atoms with van der Waals surface area (Å²) in [5.74, 6) is -1.13. The van der Waals surface area contributed by atoms with Gasteiger partial charge in [0.15, 0.2) is 11.6 Å². The van der Waals surface area contributed by atoms with Gasteiger partial charge in [-0.3, -0.25) is 19.2 Å². The van der Waals surface area contributed by atoms with Crippen LogP contribution in [0.1, 0.15) is 52.4 Å². The summed E-state index contributed by atoms with van der Waals surface area (Å²) in [7, 11) is 0. The Bertz CT molecular complexity index is 314. The largest absolute Gasteiger partial charge is 0.458 e. The molecule has 0 aromatic rings. The minimum absolute atomic E-state index is 0.123. The summed E-state index contributed by atoms with van der Waals surface area (Å²) in [5, 5.41) is 0. The van der Waals surface area contributed by atoms with Crippen LogP contribution < -0.4 is 0 Å². The van der Waals surface area contributed by atoms with E-state index in [0.29, 0.717) is 25.7 Å². The Hall–Kier alpha value is -1.72. The molecule has 0 aliphatic rings. The van der Waals surface area contributed by atoms with Crippen molar-refractivity contribution in [1.82, 2.24) is 0 Å². The fraction of sp³-hybridized carbons (Fsp3) is 0.714. The fourth-order valence-electron chi connectivity index (χ4n) is 1.21.